The van der Waals surface area contributed by atoms with Gasteiger partial charge in [0.2, 0.25) is 11.8 Å². The van der Waals surface area contributed by atoms with Crippen LogP contribution in [-0.2, 0) is 9.59 Å². The van der Waals surface area contributed by atoms with Crippen LogP contribution in [0.5, 0.6) is 0 Å². The molecule has 1 heterocycles. The van der Waals surface area contributed by atoms with Gasteiger partial charge in [-0.25, -0.2) is 4.90 Å². The number of fused-ring (bicyclic) bond motifs is 5. The van der Waals surface area contributed by atoms with Crippen LogP contribution in [0.4, 0.5) is 5.69 Å². The van der Waals surface area contributed by atoms with Crippen molar-refractivity contribution in [3.63, 3.8) is 0 Å². The molecule has 0 radical (unpaired) electrons. The number of halogens is 1. The second kappa shape index (κ2) is 7.82. The average molecular weight is 466 g/mol. The SMILES string of the molecule is Cc1ccc(C(=C2[C@H]3C=C[C@H]2[C@H]2C(=O)N(c4ccccc4Cl)C(=O)[C@H]23)c2ccc(C)cc2)cc1. The molecule has 0 spiro atoms. The number of para-hydroxylation sites is 1. The molecule has 34 heavy (non-hydrogen) atoms. The molecule has 3 nitrogen and oxygen atoms in total. The van der Waals surface area contributed by atoms with Crippen LogP contribution in [0, 0.1) is 37.5 Å². The molecule has 0 aromatic heterocycles. The Morgan fingerprint density at radius 2 is 1.18 bits per heavy atom. The number of carbonyl (C=O) groups excluding carboxylic acids is 2. The Morgan fingerprint density at radius 1 is 0.706 bits per heavy atom. The summed E-state index contributed by atoms with van der Waals surface area (Å²) in [6.07, 6.45) is 4.26. The van der Waals surface area contributed by atoms with Crippen LogP contribution < -0.4 is 4.90 Å². The summed E-state index contributed by atoms with van der Waals surface area (Å²) in [7, 11) is 0. The summed E-state index contributed by atoms with van der Waals surface area (Å²) >= 11 is 6.37. The smallest absolute Gasteiger partial charge is 0.238 e. The Balaban J connectivity index is 1.50. The summed E-state index contributed by atoms with van der Waals surface area (Å²) in [4.78, 5) is 28.6. The minimum Gasteiger partial charge on any atom is -0.274 e. The Hall–Kier alpha value is -3.43. The van der Waals surface area contributed by atoms with Crippen molar-refractivity contribution in [1.82, 2.24) is 0 Å². The molecule has 2 fully saturated rings. The summed E-state index contributed by atoms with van der Waals surface area (Å²) in [5, 5.41) is 0.417. The van der Waals surface area contributed by atoms with Gasteiger partial charge in [0.1, 0.15) is 0 Å². The van der Waals surface area contributed by atoms with Gasteiger partial charge in [0.25, 0.3) is 0 Å². The fraction of sp³-hybridized carbons (Fsp3) is 0.200. The topological polar surface area (TPSA) is 37.4 Å². The number of amides is 2. The van der Waals surface area contributed by atoms with Crippen LogP contribution in [0.2, 0.25) is 5.02 Å². The molecule has 6 rings (SSSR count). The summed E-state index contributed by atoms with van der Waals surface area (Å²) in [6.45, 7) is 4.16. The molecular weight excluding hydrogens is 442 g/mol. The van der Waals surface area contributed by atoms with Crippen LogP contribution in [0.15, 0.2) is 90.5 Å². The van der Waals surface area contributed by atoms with Gasteiger partial charge < -0.3 is 0 Å². The minimum atomic E-state index is -0.389. The van der Waals surface area contributed by atoms with Gasteiger partial charge in [-0.1, -0.05) is 95.5 Å². The van der Waals surface area contributed by atoms with Gasteiger partial charge in [0, 0.05) is 11.8 Å². The van der Waals surface area contributed by atoms with Crippen LogP contribution in [0.3, 0.4) is 0 Å². The van der Waals surface area contributed by atoms with Crippen molar-refractivity contribution < 1.29 is 9.59 Å². The van der Waals surface area contributed by atoms with Gasteiger partial charge in [-0.15, -0.1) is 0 Å². The molecule has 1 saturated carbocycles. The molecular formula is C30H24ClNO2. The largest absolute Gasteiger partial charge is 0.274 e. The van der Waals surface area contributed by atoms with Crippen molar-refractivity contribution in [3.05, 3.63) is 118 Å². The van der Waals surface area contributed by atoms with Crippen LogP contribution in [0.1, 0.15) is 22.3 Å². The molecule has 0 unspecified atom stereocenters. The fourth-order valence-corrected chi connectivity index (χ4v) is 6.13. The molecule has 1 saturated heterocycles. The van der Waals surface area contributed by atoms with E-state index in [-0.39, 0.29) is 35.5 Å². The first kappa shape index (κ1) is 21.1. The summed E-state index contributed by atoms with van der Waals surface area (Å²) < 4.78 is 0. The molecule has 3 aliphatic rings. The van der Waals surface area contributed by atoms with E-state index in [0.29, 0.717) is 10.7 Å². The number of imide groups is 1. The molecule has 2 amide bonds. The maximum atomic E-state index is 13.7. The van der Waals surface area contributed by atoms with E-state index >= 15 is 0 Å². The fourth-order valence-electron chi connectivity index (χ4n) is 5.91. The standard InChI is InChI=1S/C30H24ClNO2/c1-17-7-11-19(12-8-17)25(20-13-9-18(2)10-14-20)26-21-15-16-22(26)28-27(21)29(33)32(30(28)34)24-6-4-3-5-23(24)31/h3-16,21-22,27-28H,1-2H3/t21-,22-,27-,28+/m1/s1. The van der Waals surface area contributed by atoms with Crippen molar-refractivity contribution in [1.29, 1.82) is 0 Å². The van der Waals surface area contributed by atoms with Crippen LogP contribution >= 0.6 is 11.6 Å². The van der Waals surface area contributed by atoms with Crippen molar-refractivity contribution in [2.75, 3.05) is 4.90 Å². The van der Waals surface area contributed by atoms with Gasteiger partial charge in [-0.2, -0.15) is 0 Å². The van der Waals surface area contributed by atoms with Crippen LogP contribution in [0.25, 0.3) is 5.57 Å². The maximum Gasteiger partial charge on any atom is 0.238 e. The van der Waals surface area contributed by atoms with Gasteiger partial charge in [-0.05, 0) is 48.3 Å². The highest BCUT2D eigenvalue weighted by molar-refractivity contribution is 6.36. The van der Waals surface area contributed by atoms with E-state index < -0.39 is 0 Å². The lowest BCUT2D eigenvalue weighted by Crippen LogP contribution is -2.33. The zero-order valence-corrected chi connectivity index (χ0v) is 19.8. The minimum absolute atomic E-state index is 0.100. The molecule has 4 heteroatoms. The van der Waals surface area contributed by atoms with Gasteiger partial charge in [-0.3, -0.25) is 9.59 Å². The monoisotopic (exact) mass is 465 g/mol. The number of benzene rings is 3. The average Bonchev–Trinajstić information content (AvgIpc) is 3.46. The highest BCUT2D eigenvalue weighted by atomic mass is 35.5. The third-order valence-electron chi connectivity index (χ3n) is 7.48. The molecule has 4 atom stereocenters. The third-order valence-corrected chi connectivity index (χ3v) is 7.80. The first-order chi connectivity index (χ1) is 16.5. The Bertz CT molecular complexity index is 1300. The van der Waals surface area contributed by atoms with E-state index in [1.54, 1.807) is 24.3 Å². The zero-order valence-electron chi connectivity index (χ0n) is 19.0. The predicted molar refractivity (Wildman–Crippen MR) is 135 cm³/mol. The van der Waals surface area contributed by atoms with E-state index in [1.165, 1.54) is 21.6 Å². The van der Waals surface area contributed by atoms with E-state index in [9.17, 15) is 9.59 Å². The zero-order chi connectivity index (χ0) is 23.6. The number of anilines is 1. The Labute approximate surface area is 204 Å². The van der Waals surface area contributed by atoms with Crippen molar-refractivity contribution in [3.8, 4) is 0 Å². The van der Waals surface area contributed by atoms with E-state index in [1.807, 2.05) is 0 Å². The lowest BCUT2D eigenvalue weighted by Gasteiger charge is -2.22. The van der Waals surface area contributed by atoms with E-state index in [0.717, 1.165) is 16.7 Å². The van der Waals surface area contributed by atoms with Gasteiger partial charge >= 0.3 is 0 Å². The second-order valence-electron chi connectivity index (χ2n) is 9.51. The van der Waals surface area contributed by atoms with Crippen molar-refractivity contribution in [2.45, 2.75) is 13.8 Å². The molecule has 1 aliphatic heterocycles. The number of rotatable bonds is 3. The number of carbonyl (C=O) groups is 2. The number of allylic oxidation sites excluding steroid dienone is 3. The predicted octanol–water partition coefficient (Wildman–Crippen LogP) is 6.38. The highest BCUT2D eigenvalue weighted by Gasteiger charge is 2.62. The second-order valence-corrected chi connectivity index (χ2v) is 9.92. The molecule has 168 valence electrons. The lowest BCUT2D eigenvalue weighted by molar-refractivity contribution is -0.122. The van der Waals surface area contributed by atoms with Crippen molar-refractivity contribution >= 4 is 34.7 Å². The Kier molecular flexibility index (Phi) is 4.86. The van der Waals surface area contributed by atoms with E-state index in [2.05, 4.69) is 74.5 Å². The molecule has 0 N–H and O–H groups in total. The molecule has 2 bridgehead atoms. The lowest BCUT2D eigenvalue weighted by atomic mass is 9.85. The molecule has 3 aromatic carbocycles. The first-order valence-electron chi connectivity index (χ1n) is 11.6. The summed E-state index contributed by atoms with van der Waals surface area (Å²) in [6, 6.07) is 24.1. The maximum absolute atomic E-state index is 13.7. The van der Waals surface area contributed by atoms with Gasteiger partial charge in [0.05, 0.1) is 22.5 Å². The Morgan fingerprint density at radius 3 is 1.65 bits per heavy atom. The van der Waals surface area contributed by atoms with Gasteiger partial charge in [0.15, 0.2) is 0 Å². The van der Waals surface area contributed by atoms with Crippen LogP contribution in [-0.4, -0.2) is 11.8 Å². The summed E-state index contributed by atoms with van der Waals surface area (Å²) in [5.41, 5.74) is 7.43. The quantitative estimate of drug-likeness (QED) is 0.332. The first-order valence-corrected chi connectivity index (χ1v) is 12.0. The number of hydrogen-bond acceptors (Lipinski definition) is 2. The number of nitrogens with zero attached hydrogens (tertiary/aromatic N) is 1. The highest BCUT2D eigenvalue weighted by Crippen LogP contribution is 2.59. The number of aryl methyl sites for hydroxylation is 2. The van der Waals surface area contributed by atoms with Crippen molar-refractivity contribution in [2.24, 2.45) is 23.7 Å². The number of hydrogen-bond donors (Lipinski definition) is 0. The molecule has 2 aliphatic carbocycles. The molecule has 3 aromatic rings. The summed E-state index contributed by atoms with van der Waals surface area (Å²) in [5.74, 6) is -1.28. The normalized spacial score (nSPS) is 24.8. The van der Waals surface area contributed by atoms with E-state index in [4.69, 9.17) is 11.6 Å². The third kappa shape index (κ3) is 3.04.